The normalized spacial score (nSPS) is 16.1. The lowest BCUT2D eigenvalue weighted by Crippen LogP contribution is -2.02. The first-order chi connectivity index (χ1) is 12.4. The van der Waals surface area contributed by atoms with Crippen LogP contribution in [0.25, 0.3) is 0 Å². The standard InChI is InChI=1S/C19H17N3OS2/c1-2-8-18(23-12-15-6-4-10-24-15)16(7-1)21-19-22-17(13-25-19)14-5-3-9-20-11-14/h1-4,6-11,13-14H,5,12H2,(H,21,22). The van der Waals surface area contributed by atoms with Crippen LogP contribution < -0.4 is 10.1 Å². The summed E-state index contributed by atoms with van der Waals surface area (Å²) in [6.07, 6.45) is 6.82. The molecule has 1 atom stereocenters. The first-order valence-corrected chi connectivity index (χ1v) is 9.79. The van der Waals surface area contributed by atoms with Gasteiger partial charge in [-0.1, -0.05) is 24.3 Å². The highest BCUT2D eigenvalue weighted by molar-refractivity contribution is 7.13. The molecule has 3 heterocycles. The Morgan fingerprint density at radius 1 is 1.16 bits per heavy atom. The fourth-order valence-corrected chi connectivity index (χ4v) is 3.95. The summed E-state index contributed by atoms with van der Waals surface area (Å²) in [7, 11) is 0. The molecule has 1 unspecified atom stereocenters. The summed E-state index contributed by atoms with van der Waals surface area (Å²) >= 11 is 3.30. The van der Waals surface area contributed by atoms with Crippen molar-refractivity contribution in [2.45, 2.75) is 18.9 Å². The molecule has 0 fully saturated rings. The van der Waals surface area contributed by atoms with Crippen molar-refractivity contribution in [3.05, 3.63) is 70.0 Å². The van der Waals surface area contributed by atoms with Crippen molar-refractivity contribution >= 4 is 39.7 Å². The predicted molar refractivity (Wildman–Crippen MR) is 105 cm³/mol. The highest BCUT2D eigenvalue weighted by Crippen LogP contribution is 2.31. The summed E-state index contributed by atoms with van der Waals surface area (Å²) in [5.41, 5.74) is 1.98. The van der Waals surface area contributed by atoms with E-state index in [1.807, 2.05) is 42.7 Å². The van der Waals surface area contributed by atoms with E-state index in [0.29, 0.717) is 6.61 Å². The molecule has 0 saturated heterocycles. The third-order valence-corrected chi connectivity index (χ3v) is 5.45. The number of ether oxygens (including phenoxy) is 1. The molecule has 1 aliphatic heterocycles. The quantitative estimate of drug-likeness (QED) is 0.617. The van der Waals surface area contributed by atoms with Gasteiger partial charge < -0.3 is 10.1 Å². The molecule has 0 radical (unpaired) electrons. The van der Waals surface area contributed by atoms with E-state index >= 15 is 0 Å². The average Bonchev–Trinajstić information content (AvgIpc) is 3.34. The Morgan fingerprint density at radius 2 is 2.12 bits per heavy atom. The minimum atomic E-state index is 0.266. The Balaban J connectivity index is 1.46. The molecule has 6 heteroatoms. The number of anilines is 2. The smallest absolute Gasteiger partial charge is 0.187 e. The second kappa shape index (κ2) is 7.63. The number of aromatic nitrogens is 1. The van der Waals surface area contributed by atoms with E-state index in [4.69, 9.17) is 9.72 Å². The highest BCUT2D eigenvalue weighted by Gasteiger charge is 2.14. The molecule has 3 aromatic rings. The van der Waals surface area contributed by atoms with Gasteiger partial charge in [-0.05, 0) is 30.0 Å². The van der Waals surface area contributed by atoms with Crippen LogP contribution >= 0.6 is 22.7 Å². The van der Waals surface area contributed by atoms with Crippen molar-refractivity contribution in [3.63, 3.8) is 0 Å². The fourth-order valence-electron chi connectivity index (χ4n) is 2.55. The van der Waals surface area contributed by atoms with Gasteiger partial charge in [-0.15, -0.1) is 22.7 Å². The van der Waals surface area contributed by atoms with Crippen LogP contribution in [0.15, 0.2) is 64.4 Å². The van der Waals surface area contributed by atoms with Gasteiger partial charge in [-0.25, -0.2) is 4.98 Å². The van der Waals surface area contributed by atoms with E-state index in [2.05, 4.69) is 33.2 Å². The number of thiophene rings is 1. The second-order valence-corrected chi connectivity index (χ2v) is 7.48. The van der Waals surface area contributed by atoms with Crippen molar-refractivity contribution in [3.8, 4) is 5.75 Å². The molecule has 1 aromatic carbocycles. The number of rotatable bonds is 6. The topological polar surface area (TPSA) is 46.5 Å². The molecular formula is C19H17N3OS2. The highest BCUT2D eigenvalue weighted by atomic mass is 32.1. The van der Waals surface area contributed by atoms with Crippen LogP contribution in [0.4, 0.5) is 10.8 Å². The summed E-state index contributed by atoms with van der Waals surface area (Å²) in [4.78, 5) is 10.1. The van der Waals surface area contributed by atoms with E-state index in [-0.39, 0.29) is 5.92 Å². The SMILES string of the molecule is C1=CN=CC(c2csc(Nc3ccccc3OCc3cccs3)n2)C1. The monoisotopic (exact) mass is 367 g/mol. The zero-order valence-corrected chi connectivity index (χ0v) is 15.1. The lowest BCUT2D eigenvalue weighted by Gasteiger charge is -2.11. The van der Waals surface area contributed by atoms with Gasteiger partial charge in [0, 0.05) is 28.6 Å². The summed E-state index contributed by atoms with van der Waals surface area (Å²) in [6, 6.07) is 12.1. The Kier molecular flexibility index (Phi) is 4.90. The van der Waals surface area contributed by atoms with Gasteiger partial charge in [0.25, 0.3) is 0 Å². The first-order valence-electron chi connectivity index (χ1n) is 8.03. The van der Waals surface area contributed by atoms with Gasteiger partial charge in [0.2, 0.25) is 0 Å². The van der Waals surface area contributed by atoms with Gasteiger partial charge in [0.15, 0.2) is 5.13 Å². The number of benzene rings is 1. The average molecular weight is 367 g/mol. The number of para-hydroxylation sites is 2. The Hall–Kier alpha value is -2.44. The molecule has 2 aromatic heterocycles. The maximum atomic E-state index is 5.97. The second-order valence-electron chi connectivity index (χ2n) is 5.59. The molecule has 1 N–H and O–H groups in total. The third kappa shape index (κ3) is 3.97. The minimum absolute atomic E-state index is 0.266. The van der Waals surface area contributed by atoms with Gasteiger partial charge in [0.1, 0.15) is 12.4 Å². The van der Waals surface area contributed by atoms with Crippen LogP contribution in [0.1, 0.15) is 22.9 Å². The van der Waals surface area contributed by atoms with E-state index in [1.165, 1.54) is 4.88 Å². The Morgan fingerprint density at radius 3 is 2.96 bits per heavy atom. The van der Waals surface area contributed by atoms with Crippen LogP contribution in [0.2, 0.25) is 0 Å². The number of hydrogen-bond donors (Lipinski definition) is 1. The molecule has 4 nitrogen and oxygen atoms in total. The molecule has 1 aliphatic rings. The summed E-state index contributed by atoms with van der Waals surface area (Å²) in [5.74, 6) is 1.09. The minimum Gasteiger partial charge on any atom is -0.486 e. The number of nitrogens with one attached hydrogen (secondary N) is 1. The van der Waals surface area contributed by atoms with Crippen LogP contribution in [0.5, 0.6) is 5.75 Å². The molecular weight excluding hydrogens is 350 g/mol. The molecule has 25 heavy (non-hydrogen) atoms. The molecule has 0 saturated carbocycles. The molecule has 126 valence electrons. The Labute approximate surface area is 154 Å². The third-order valence-electron chi connectivity index (χ3n) is 3.83. The van der Waals surface area contributed by atoms with Gasteiger partial charge in [-0.2, -0.15) is 0 Å². The molecule has 0 aliphatic carbocycles. The van der Waals surface area contributed by atoms with Gasteiger partial charge in [0.05, 0.1) is 11.4 Å². The molecule has 0 amide bonds. The summed E-state index contributed by atoms with van der Waals surface area (Å²) in [6.45, 7) is 0.574. The number of aliphatic imine (C=N–C) groups is 1. The van der Waals surface area contributed by atoms with Crippen LogP contribution in [0, 0.1) is 0 Å². The maximum Gasteiger partial charge on any atom is 0.187 e. The van der Waals surface area contributed by atoms with E-state index in [1.54, 1.807) is 22.7 Å². The van der Waals surface area contributed by atoms with Crippen LogP contribution in [-0.2, 0) is 6.61 Å². The first kappa shape index (κ1) is 16.1. The van der Waals surface area contributed by atoms with E-state index < -0.39 is 0 Å². The number of hydrogen-bond acceptors (Lipinski definition) is 6. The summed E-state index contributed by atoms with van der Waals surface area (Å²) in [5, 5.41) is 8.40. The molecule has 0 spiro atoms. The van der Waals surface area contributed by atoms with Crippen molar-refractivity contribution in [1.82, 2.24) is 4.98 Å². The van der Waals surface area contributed by atoms with Crippen LogP contribution in [0.3, 0.4) is 0 Å². The largest absolute Gasteiger partial charge is 0.486 e. The van der Waals surface area contributed by atoms with Crippen molar-refractivity contribution in [2.75, 3.05) is 5.32 Å². The van der Waals surface area contributed by atoms with Gasteiger partial charge in [-0.3, -0.25) is 4.99 Å². The van der Waals surface area contributed by atoms with Crippen molar-refractivity contribution in [2.24, 2.45) is 4.99 Å². The lowest BCUT2D eigenvalue weighted by atomic mass is 10.0. The number of nitrogens with zero attached hydrogens (tertiary/aromatic N) is 2. The lowest BCUT2D eigenvalue weighted by molar-refractivity contribution is 0.311. The van der Waals surface area contributed by atoms with Gasteiger partial charge >= 0.3 is 0 Å². The van der Waals surface area contributed by atoms with Crippen LogP contribution in [-0.4, -0.2) is 11.2 Å². The molecule has 4 rings (SSSR count). The van der Waals surface area contributed by atoms with Crippen molar-refractivity contribution in [1.29, 1.82) is 0 Å². The maximum absolute atomic E-state index is 5.97. The number of allylic oxidation sites excluding steroid dienone is 1. The van der Waals surface area contributed by atoms with Crippen molar-refractivity contribution < 1.29 is 4.74 Å². The Bertz CT molecular complexity index is 884. The van der Waals surface area contributed by atoms with E-state index in [0.717, 1.165) is 28.7 Å². The fraction of sp³-hybridized carbons (Fsp3) is 0.158. The summed E-state index contributed by atoms with van der Waals surface area (Å²) < 4.78 is 5.97. The predicted octanol–water partition coefficient (Wildman–Crippen LogP) is 5.60. The van der Waals surface area contributed by atoms with E-state index in [9.17, 15) is 0 Å². The molecule has 0 bridgehead atoms. The zero-order valence-electron chi connectivity index (χ0n) is 13.5. The number of thiazole rings is 1. The zero-order chi connectivity index (χ0) is 16.9.